The summed E-state index contributed by atoms with van der Waals surface area (Å²) in [4.78, 5) is 25.1. The van der Waals surface area contributed by atoms with Gasteiger partial charge in [-0.15, -0.1) is 5.10 Å². The van der Waals surface area contributed by atoms with Crippen LogP contribution in [-0.4, -0.2) is 56.8 Å². The third kappa shape index (κ3) is 5.99. The van der Waals surface area contributed by atoms with Crippen LogP contribution in [0.5, 0.6) is 5.75 Å². The van der Waals surface area contributed by atoms with E-state index in [1.54, 1.807) is 23.7 Å². The lowest BCUT2D eigenvalue weighted by Gasteiger charge is -2.27. The first kappa shape index (κ1) is 23.6. The van der Waals surface area contributed by atoms with E-state index in [1.165, 1.54) is 0 Å². The molecule has 1 fully saturated rings. The van der Waals surface area contributed by atoms with Crippen molar-refractivity contribution in [2.75, 3.05) is 13.6 Å². The molecular formula is C23H32N4O5. The van der Waals surface area contributed by atoms with Gasteiger partial charge in [-0.2, -0.15) is 0 Å². The van der Waals surface area contributed by atoms with Gasteiger partial charge in [0.1, 0.15) is 23.7 Å². The lowest BCUT2D eigenvalue weighted by atomic mass is 9.87. The van der Waals surface area contributed by atoms with E-state index in [-0.39, 0.29) is 24.7 Å². The first-order valence-corrected chi connectivity index (χ1v) is 11.0. The zero-order valence-electron chi connectivity index (χ0n) is 19.2. The minimum absolute atomic E-state index is 0.0665. The Morgan fingerprint density at radius 1 is 1.25 bits per heavy atom. The molecule has 1 heterocycles. The summed E-state index contributed by atoms with van der Waals surface area (Å²) < 4.78 is 13.1. The molecule has 2 atom stereocenters. The summed E-state index contributed by atoms with van der Waals surface area (Å²) in [6.07, 6.45) is 2.47. The average Bonchev–Trinajstić information content (AvgIpc) is 3.12. The molecule has 0 aliphatic heterocycles. The Balaban J connectivity index is 1.64. The number of hydrogen-bond donors (Lipinski definition) is 1. The lowest BCUT2D eigenvalue weighted by molar-refractivity contribution is -0.143. The van der Waals surface area contributed by atoms with Crippen LogP contribution < -0.4 is 4.74 Å². The quantitative estimate of drug-likeness (QED) is 0.661. The zero-order chi connectivity index (χ0) is 23.3. The van der Waals surface area contributed by atoms with Crippen molar-refractivity contribution < 1.29 is 24.2 Å². The Morgan fingerprint density at radius 2 is 1.97 bits per heavy atom. The van der Waals surface area contributed by atoms with Crippen LogP contribution >= 0.6 is 0 Å². The number of carbonyl (C=O) groups is 2. The van der Waals surface area contributed by atoms with Gasteiger partial charge < -0.3 is 19.5 Å². The molecule has 174 valence electrons. The van der Waals surface area contributed by atoms with E-state index < -0.39 is 5.97 Å². The largest absolute Gasteiger partial charge is 0.490 e. The number of aryl methyl sites for hydroxylation is 1. The maximum atomic E-state index is 12.2. The molecule has 1 amide bonds. The summed E-state index contributed by atoms with van der Waals surface area (Å²) in [6.45, 7) is 4.76. The molecule has 32 heavy (non-hydrogen) atoms. The highest BCUT2D eigenvalue weighted by Crippen LogP contribution is 2.29. The summed E-state index contributed by atoms with van der Waals surface area (Å²) in [5, 5.41) is 17.6. The van der Waals surface area contributed by atoms with Crippen LogP contribution in [0.2, 0.25) is 0 Å². The van der Waals surface area contributed by atoms with Crippen molar-refractivity contribution in [3.63, 3.8) is 0 Å². The number of hydrogen-bond acceptors (Lipinski definition) is 6. The number of carboxylic acids is 1. The van der Waals surface area contributed by atoms with Gasteiger partial charge in [-0.05, 0) is 55.9 Å². The lowest BCUT2D eigenvalue weighted by Crippen LogP contribution is -2.30. The fourth-order valence-electron chi connectivity index (χ4n) is 3.99. The van der Waals surface area contributed by atoms with Crippen LogP contribution in [0.25, 0.3) is 11.3 Å². The number of aliphatic carboxylic acids is 1. The maximum absolute atomic E-state index is 12.2. The minimum atomic E-state index is -0.750. The van der Waals surface area contributed by atoms with Crippen LogP contribution in [0.3, 0.4) is 0 Å². The minimum Gasteiger partial charge on any atom is -0.490 e. The second kappa shape index (κ2) is 10.5. The summed E-state index contributed by atoms with van der Waals surface area (Å²) in [5.74, 6) is -0.0415. The molecule has 0 radical (unpaired) electrons. The molecule has 1 aliphatic carbocycles. The smallest absolute Gasteiger partial charge is 0.409 e. The monoisotopic (exact) mass is 444 g/mol. The van der Waals surface area contributed by atoms with Gasteiger partial charge in [-0.1, -0.05) is 19.1 Å². The fraction of sp³-hybridized carbons (Fsp3) is 0.565. The van der Waals surface area contributed by atoms with Crippen LogP contribution in [0.4, 0.5) is 4.79 Å². The molecule has 3 rings (SSSR count). The molecule has 2 aromatic rings. The highest BCUT2D eigenvalue weighted by atomic mass is 16.6. The number of rotatable bonds is 8. The Labute approximate surface area is 188 Å². The van der Waals surface area contributed by atoms with Crippen molar-refractivity contribution in [1.82, 2.24) is 19.9 Å². The standard InChI is InChI=1S/C23H32N4O5/c1-15(2)13-26(3)23(30)31-14-20-21(24-25-27(20)4)16-8-10-18(11-9-16)32-19-7-5-6-17(12-19)22(28)29/h8-11,15,17,19H,5-7,12-14H2,1-4H3,(H,28,29)/t17-,19-/m0/s1. The van der Waals surface area contributed by atoms with E-state index in [4.69, 9.17) is 9.47 Å². The summed E-state index contributed by atoms with van der Waals surface area (Å²) in [7, 11) is 3.48. The number of carboxylic acid groups (broad SMARTS) is 1. The highest BCUT2D eigenvalue weighted by Gasteiger charge is 2.28. The van der Waals surface area contributed by atoms with Gasteiger partial charge in [0.25, 0.3) is 0 Å². The predicted octanol–water partition coefficient (Wildman–Crippen LogP) is 3.73. The molecule has 9 heteroatoms. The van der Waals surface area contributed by atoms with Gasteiger partial charge in [0.05, 0.1) is 12.0 Å². The summed E-state index contributed by atoms with van der Waals surface area (Å²) in [6, 6.07) is 7.46. The van der Waals surface area contributed by atoms with Crippen LogP contribution in [0, 0.1) is 11.8 Å². The van der Waals surface area contributed by atoms with Crippen molar-refractivity contribution >= 4 is 12.1 Å². The Hall–Kier alpha value is -3.10. The molecule has 0 unspecified atom stereocenters. The molecule has 1 aliphatic rings. The predicted molar refractivity (Wildman–Crippen MR) is 118 cm³/mol. The zero-order valence-corrected chi connectivity index (χ0v) is 19.2. The average molecular weight is 445 g/mol. The molecule has 1 aromatic heterocycles. The van der Waals surface area contributed by atoms with Gasteiger partial charge in [-0.25, -0.2) is 9.48 Å². The SMILES string of the molecule is CC(C)CN(C)C(=O)OCc1c(-c2ccc(O[C@H]3CCC[C@H](C(=O)O)C3)cc2)nnn1C. The fourth-order valence-corrected chi connectivity index (χ4v) is 3.99. The van der Waals surface area contributed by atoms with Crippen LogP contribution in [0.1, 0.15) is 45.2 Å². The Morgan fingerprint density at radius 3 is 2.62 bits per heavy atom. The van der Waals surface area contributed by atoms with Gasteiger partial charge >= 0.3 is 12.1 Å². The Kier molecular flexibility index (Phi) is 7.71. The van der Waals surface area contributed by atoms with E-state index in [2.05, 4.69) is 10.3 Å². The van der Waals surface area contributed by atoms with Crippen molar-refractivity contribution in [3.05, 3.63) is 30.0 Å². The topological polar surface area (TPSA) is 107 Å². The first-order chi connectivity index (χ1) is 15.2. The number of amides is 1. The van der Waals surface area contributed by atoms with E-state index in [0.29, 0.717) is 42.4 Å². The molecule has 1 aromatic carbocycles. The van der Waals surface area contributed by atoms with Crippen LogP contribution in [0.15, 0.2) is 24.3 Å². The van der Waals surface area contributed by atoms with Crippen molar-refractivity contribution in [1.29, 1.82) is 0 Å². The highest BCUT2D eigenvalue weighted by molar-refractivity contribution is 5.70. The van der Waals surface area contributed by atoms with E-state index in [1.807, 2.05) is 38.1 Å². The number of carbonyl (C=O) groups excluding carboxylic acids is 1. The molecule has 1 N–H and O–H groups in total. The molecule has 1 saturated carbocycles. The molecule has 0 bridgehead atoms. The normalized spacial score (nSPS) is 18.4. The van der Waals surface area contributed by atoms with Gasteiger partial charge in [0.15, 0.2) is 0 Å². The molecular weight excluding hydrogens is 412 g/mol. The van der Waals surface area contributed by atoms with E-state index in [0.717, 1.165) is 18.4 Å². The van der Waals surface area contributed by atoms with E-state index in [9.17, 15) is 14.7 Å². The van der Waals surface area contributed by atoms with Gasteiger partial charge in [-0.3, -0.25) is 4.79 Å². The van der Waals surface area contributed by atoms with E-state index >= 15 is 0 Å². The van der Waals surface area contributed by atoms with Crippen molar-refractivity contribution in [2.24, 2.45) is 18.9 Å². The van der Waals surface area contributed by atoms with Crippen LogP contribution in [-0.2, 0) is 23.2 Å². The molecule has 0 saturated heterocycles. The number of ether oxygens (including phenoxy) is 2. The Bertz CT molecular complexity index is 925. The number of benzene rings is 1. The second-order valence-electron chi connectivity index (χ2n) is 8.80. The first-order valence-electron chi connectivity index (χ1n) is 11.0. The third-order valence-corrected chi connectivity index (χ3v) is 5.63. The van der Waals surface area contributed by atoms with Gasteiger partial charge in [0.2, 0.25) is 0 Å². The summed E-state index contributed by atoms with van der Waals surface area (Å²) in [5.41, 5.74) is 2.17. The van der Waals surface area contributed by atoms with Gasteiger partial charge in [0, 0.05) is 26.2 Å². The van der Waals surface area contributed by atoms with Crippen molar-refractivity contribution in [3.8, 4) is 17.0 Å². The second-order valence-corrected chi connectivity index (χ2v) is 8.80. The number of aromatic nitrogens is 3. The molecule has 0 spiro atoms. The number of nitrogens with zero attached hydrogens (tertiary/aromatic N) is 4. The molecule has 9 nitrogen and oxygen atoms in total. The maximum Gasteiger partial charge on any atom is 0.409 e. The third-order valence-electron chi connectivity index (χ3n) is 5.63. The van der Waals surface area contributed by atoms with Crippen molar-refractivity contribution in [2.45, 2.75) is 52.2 Å². The summed E-state index contributed by atoms with van der Waals surface area (Å²) >= 11 is 0.